The van der Waals surface area contributed by atoms with E-state index in [0.29, 0.717) is 0 Å². The quantitative estimate of drug-likeness (QED) is 0.698. The lowest BCUT2D eigenvalue weighted by molar-refractivity contribution is 1.36. The van der Waals surface area contributed by atoms with Gasteiger partial charge < -0.3 is 0 Å². The van der Waals surface area contributed by atoms with Crippen LogP contribution in [0.1, 0.15) is 4.88 Å². The Morgan fingerprint density at radius 2 is 2.00 bits per heavy atom. The van der Waals surface area contributed by atoms with Gasteiger partial charge in [0.25, 0.3) is 0 Å². The summed E-state index contributed by atoms with van der Waals surface area (Å²) >= 11 is 7.42. The average Bonchev–Trinajstić information content (AvgIpc) is 2.53. The summed E-state index contributed by atoms with van der Waals surface area (Å²) in [5, 5.41) is 1.75. The van der Waals surface area contributed by atoms with E-state index in [0.717, 1.165) is 20.5 Å². The fourth-order valence-electron chi connectivity index (χ4n) is 1.04. The first-order valence-corrected chi connectivity index (χ1v) is 5.06. The Bertz CT molecular complexity index is 405. The number of hydrogen-bond acceptors (Lipinski definition) is 2. The molecule has 0 saturated heterocycles. The first-order valence-electron chi connectivity index (χ1n) is 3.87. The third-order valence-corrected chi connectivity index (χ3v) is 2.83. The standard InChI is InChI=1S/C10H7ClNS/c1-7-6-12-10(13-7)8-2-4-9(11)5-3-8/h2-5H,1H3. The molecule has 0 saturated carbocycles. The molecule has 13 heavy (non-hydrogen) atoms. The zero-order valence-electron chi connectivity index (χ0n) is 7.04. The molecule has 65 valence electrons. The minimum absolute atomic E-state index is 0.751. The number of thiazole rings is 1. The van der Waals surface area contributed by atoms with Gasteiger partial charge in [0.05, 0.1) is 0 Å². The maximum atomic E-state index is 5.78. The lowest BCUT2D eigenvalue weighted by atomic mass is 10.2. The molecule has 0 amide bonds. The van der Waals surface area contributed by atoms with Crippen LogP contribution < -0.4 is 0 Å². The summed E-state index contributed by atoms with van der Waals surface area (Å²) in [6.45, 7) is 2.00. The van der Waals surface area contributed by atoms with Gasteiger partial charge in [0, 0.05) is 15.5 Å². The molecular weight excluding hydrogens is 202 g/mol. The average molecular weight is 209 g/mol. The number of halogens is 1. The second-order valence-corrected chi connectivity index (χ2v) is 4.33. The van der Waals surface area contributed by atoms with E-state index in [1.807, 2.05) is 31.2 Å². The van der Waals surface area contributed by atoms with Crippen molar-refractivity contribution in [3.05, 3.63) is 40.4 Å². The molecule has 0 spiro atoms. The van der Waals surface area contributed by atoms with Crippen LogP contribution in [0.4, 0.5) is 0 Å². The highest BCUT2D eigenvalue weighted by Gasteiger charge is 2.01. The Hall–Kier alpha value is -0.860. The van der Waals surface area contributed by atoms with Gasteiger partial charge in [-0.1, -0.05) is 23.7 Å². The molecular formula is C10H7ClNS. The van der Waals surface area contributed by atoms with Crippen molar-refractivity contribution in [1.82, 2.24) is 4.98 Å². The third kappa shape index (κ3) is 1.90. The Morgan fingerprint density at radius 1 is 1.31 bits per heavy atom. The molecule has 0 fully saturated rings. The fraction of sp³-hybridized carbons (Fsp3) is 0.100. The summed E-state index contributed by atoms with van der Waals surface area (Å²) in [7, 11) is 0. The monoisotopic (exact) mass is 208 g/mol. The summed E-state index contributed by atoms with van der Waals surface area (Å²) < 4.78 is 0. The highest BCUT2D eigenvalue weighted by atomic mass is 35.5. The molecule has 2 rings (SSSR count). The van der Waals surface area contributed by atoms with Crippen molar-refractivity contribution >= 4 is 22.9 Å². The largest absolute Gasteiger partial charge is 0.234 e. The first-order chi connectivity index (χ1) is 6.25. The van der Waals surface area contributed by atoms with Gasteiger partial charge in [-0.05, 0) is 19.1 Å². The van der Waals surface area contributed by atoms with Crippen LogP contribution in [-0.2, 0) is 0 Å². The third-order valence-electron chi connectivity index (χ3n) is 1.66. The summed E-state index contributed by atoms with van der Waals surface area (Å²) in [4.78, 5) is 5.27. The van der Waals surface area contributed by atoms with E-state index in [1.54, 1.807) is 11.3 Å². The van der Waals surface area contributed by atoms with Crippen LogP contribution in [0.2, 0.25) is 5.02 Å². The van der Waals surface area contributed by atoms with Crippen molar-refractivity contribution in [3.8, 4) is 10.6 Å². The maximum Gasteiger partial charge on any atom is 0.124 e. The maximum absolute atomic E-state index is 5.78. The molecule has 0 atom stereocenters. The number of benzene rings is 1. The summed E-state index contributed by atoms with van der Waals surface area (Å²) in [6, 6.07) is 7.67. The Labute approximate surface area is 86.0 Å². The summed E-state index contributed by atoms with van der Waals surface area (Å²) in [5.41, 5.74) is 1.10. The van der Waals surface area contributed by atoms with Gasteiger partial charge in [-0.15, -0.1) is 11.3 Å². The molecule has 0 aliphatic carbocycles. The number of nitrogens with zero attached hydrogens (tertiary/aromatic N) is 1. The lowest BCUT2D eigenvalue weighted by Crippen LogP contribution is -1.73. The van der Waals surface area contributed by atoms with Crippen molar-refractivity contribution < 1.29 is 0 Å². The second kappa shape index (κ2) is 3.48. The van der Waals surface area contributed by atoms with E-state index in [-0.39, 0.29) is 0 Å². The van der Waals surface area contributed by atoms with Crippen LogP contribution in [0.15, 0.2) is 24.3 Å². The zero-order valence-corrected chi connectivity index (χ0v) is 8.62. The zero-order chi connectivity index (χ0) is 9.26. The molecule has 0 N–H and O–H groups in total. The van der Waals surface area contributed by atoms with Crippen LogP contribution in [0.5, 0.6) is 0 Å². The van der Waals surface area contributed by atoms with Gasteiger partial charge in [0.15, 0.2) is 0 Å². The van der Waals surface area contributed by atoms with Crippen LogP contribution in [0.3, 0.4) is 0 Å². The van der Waals surface area contributed by atoms with E-state index < -0.39 is 0 Å². The van der Waals surface area contributed by atoms with E-state index in [2.05, 4.69) is 11.2 Å². The molecule has 1 nitrogen and oxygen atoms in total. The van der Waals surface area contributed by atoms with E-state index in [9.17, 15) is 0 Å². The van der Waals surface area contributed by atoms with Gasteiger partial charge in [0.2, 0.25) is 0 Å². The normalized spacial score (nSPS) is 10.3. The molecule has 1 heterocycles. The smallest absolute Gasteiger partial charge is 0.124 e. The SMILES string of the molecule is Cc1[c]nc(-c2ccc(Cl)cc2)s1. The van der Waals surface area contributed by atoms with Crippen LogP contribution in [0.25, 0.3) is 10.6 Å². The highest BCUT2D eigenvalue weighted by molar-refractivity contribution is 7.14. The highest BCUT2D eigenvalue weighted by Crippen LogP contribution is 2.25. The van der Waals surface area contributed by atoms with Gasteiger partial charge in [-0.25, -0.2) is 4.98 Å². The number of aromatic nitrogens is 1. The van der Waals surface area contributed by atoms with Crippen LogP contribution in [0, 0.1) is 13.1 Å². The molecule has 1 radical (unpaired) electrons. The fourth-order valence-corrected chi connectivity index (χ4v) is 1.89. The summed E-state index contributed by atoms with van der Waals surface area (Å²) in [5.74, 6) is 0. The predicted molar refractivity (Wildman–Crippen MR) is 56.1 cm³/mol. The van der Waals surface area contributed by atoms with E-state index in [4.69, 9.17) is 11.6 Å². The van der Waals surface area contributed by atoms with Gasteiger partial charge >= 0.3 is 0 Å². The second-order valence-electron chi connectivity index (χ2n) is 2.69. The Balaban J connectivity index is 2.41. The van der Waals surface area contributed by atoms with Crippen LogP contribution >= 0.6 is 22.9 Å². The van der Waals surface area contributed by atoms with E-state index in [1.165, 1.54) is 0 Å². The Morgan fingerprint density at radius 3 is 2.54 bits per heavy atom. The minimum atomic E-state index is 0.751. The molecule has 0 aliphatic rings. The van der Waals surface area contributed by atoms with E-state index >= 15 is 0 Å². The molecule has 1 aromatic heterocycles. The molecule has 0 bridgehead atoms. The molecule has 1 aromatic carbocycles. The van der Waals surface area contributed by atoms with Gasteiger partial charge in [-0.3, -0.25) is 0 Å². The molecule has 0 unspecified atom stereocenters. The number of aryl methyl sites for hydroxylation is 1. The van der Waals surface area contributed by atoms with Crippen molar-refractivity contribution in [2.75, 3.05) is 0 Å². The van der Waals surface area contributed by atoms with Crippen LogP contribution in [-0.4, -0.2) is 4.98 Å². The van der Waals surface area contributed by atoms with Crippen molar-refractivity contribution in [1.29, 1.82) is 0 Å². The van der Waals surface area contributed by atoms with Crippen molar-refractivity contribution in [2.45, 2.75) is 6.92 Å². The predicted octanol–water partition coefficient (Wildman–Crippen LogP) is 3.57. The van der Waals surface area contributed by atoms with Gasteiger partial charge in [-0.2, -0.15) is 0 Å². The summed E-state index contributed by atoms with van der Waals surface area (Å²) in [6.07, 6.45) is 2.92. The lowest BCUT2D eigenvalue weighted by Gasteiger charge is -1.94. The Kier molecular flexibility index (Phi) is 2.34. The number of hydrogen-bond donors (Lipinski definition) is 0. The van der Waals surface area contributed by atoms with Crippen molar-refractivity contribution in [3.63, 3.8) is 0 Å². The molecule has 0 aliphatic heterocycles. The number of rotatable bonds is 1. The molecule has 3 heteroatoms. The topological polar surface area (TPSA) is 12.9 Å². The van der Waals surface area contributed by atoms with Gasteiger partial charge in [0.1, 0.15) is 11.2 Å². The molecule has 2 aromatic rings. The first kappa shape index (κ1) is 8.73. The van der Waals surface area contributed by atoms with Crippen molar-refractivity contribution in [2.24, 2.45) is 0 Å². The minimum Gasteiger partial charge on any atom is -0.234 e.